The van der Waals surface area contributed by atoms with E-state index in [0.717, 1.165) is 0 Å². The van der Waals surface area contributed by atoms with Crippen LogP contribution in [0.15, 0.2) is 33.5 Å². The van der Waals surface area contributed by atoms with Gasteiger partial charge in [-0.05, 0) is 30.7 Å². The monoisotopic (exact) mass is 338 g/mol. The van der Waals surface area contributed by atoms with Crippen molar-refractivity contribution in [3.8, 4) is 5.75 Å². The van der Waals surface area contributed by atoms with Gasteiger partial charge in [0, 0.05) is 11.5 Å². The van der Waals surface area contributed by atoms with Crippen molar-refractivity contribution in [2.45, 2.75) is 37.6 Å². The van der Waals surface area contributed by atoms with Crippen LogP contribution in [0.25, 0.3) is 11.0 Å². The number of rotatable bonds is 3. The first-order valence-corrected chi connectivity index (χ1v) is 7.42. The first-order chi connectivity index (χ1) is 11.4. The molecule has 0 aliphatic carbocycles. The van der Waals surface area contributed by atoms with Gasteiger partial charge >= 0.3 is 5.63 Å². The van der Waals surface area contributed by atoms with E-state index in [-0.39, 0.29) is 0 Å². The average Bonchev–Trinajstić information content (AvgIpc) is 2.55. The van der Waals surface area contributed by atoms with Crippen LogP contribution in [0.5, 0.6) is 5.75 Å². The van der Waals surface area contributed by atoms with E-state index in [9.17, 15) is 25.2 Å². The smallest absolute Gasteiger partial charge is 0.336 e. The zero-order valence-corrected chi connectivity index (χ0v) is 12.8. The summed E-state index contributed by atoms with van der Waals surface area (Å²) in [5.74, 6) is 0.309. The van der Waals surface area contributed by atoms with E-state index < -0.39 is 42.9 Å². The molecule has 8 heteroatoms. The van der Waals surface area contributed by atoms with E-state index >= 15 is 0 Å². The zero-order valence-electron chi connectivity index (χ0n) is 12.8. The predicted molar refractivity (Wildman–Crippen MR) is 81.6 cm³/mol. The summed E-state index contributed by atoms with van der Waals surface area (Å²) in [6.07, 6.45) is -6.77. The number of hydrogen-bond acceptors (Lipinski definition) is 8. The van der Waals surface area contributed by atoms with Crippen LogP contribution < -0.4 is 10.4 Å². The van der Waals surface area contributed by atoms with Gasteiger partial charge in [-0.15, -0.1) is 0 Å². The lowest BCUT2D eigenvalue weighted by Crippen LogP contribution is -2.60. The quantitative estimate of drug-likeness (QED) is 0.540. The highest BCUT2D eigenvalue weighted by Gasteiger charge is 2.44. The van der Waals surface area contributed by atoms with E-state index in [2.05, 4.69) is 0 Å². The Kier molecular flexibility index (Phi) is 4.57. The number of fused-ring (bicyclic) bond motifs is 1. The average molecular weight is 338 g/mol. The van der Waals surface area contributed by atoms with Gasteiger partial charge in [-0.1, -0.05) is 0 Å². The van der Waals surface area contributed by atoms with Gasteiger partial charge in [0.2, 0.25) is 6.29 Å². The van der Waals surface area contributed by atoms with Crippen LogP contribution in [0.3, 0.4) is 0 Å². The van der Waals surface area contributed by atoms with E-state index in [4.69, 9.17) is 13.9 Å². The third-order valence-electron chi connectivity index (χ3n) is 4.02. The molecule has 0 spiro atoms. The minimum atomic E-state index is -1.51. The Hall–Kier alpha value is -1.97. The molecule has 4 N–H and O–H groups in total. The van der Waals surface area contributed by atoms with E-state index in [1.165, 1.54) is 12.1 Å². The van der Waals surface area contributed by atoms with Crippen molar-refractivity contribution in [1.29, 1.82) is 0 Å². The lowest BCUT2D eigenvalue weighted by molar-refractivity contribution is -0.277. The molecule has 1 aromatic heterocycles. The van der Waals surface area contributed by atoms with Gasteiger partial charge in [0.05, 0.1) is 6.61 Å². The first-order valence-electron chi connectivity index (χ1n) is 7.42. The number of benzene rings is 1. The summed E-state index contributed by atoms with van der Waals surface area (Å²) in [6.45, 7) is 1.21. The molecule has 2 heterocycles. The Morgan fingerprint density at radius 2 is 1.88 bits per heavy atom. The lowest BCUT2D eigenvalue weighted by Gasteiger charge is -2.39. The molecule has 2 aromatic rings. The fraction of sp³-hybridized carbons (Fsp3) is 0.438. The van der Waals surface area contributed by atoms with Crippen molar-refractivity contribution < 1.29 is 34.3 Å². The third-order valence-corrected chi connectivity index (χ3v) is 4.02. The van der Waals surface area contributed by atoms with Gasteiger partial charge in [-0.3, -0.25) is 0 Å². The molecule has 0 radical (unpaired) electrons. The van der Waals surface area contributed by atoms with Gasteiger partial charge in [-0.25, -0.2) is 4.79 Å². The molecule has 0 saturated carbocycles. The van der Waals surface area contributed by atoms with Crippen molar-refractivity contribution in [1.82, 2.24) is 0 Å². The normalized spacial score (nSPS) is 30.5. The fourth-order valence-corrected chi connectivity index (χ4v) is 2.67. The second-order valence-corrected chi connectivity index (χ2v) is 5.72. The highest BCUT2D eigenvalue weighted by molar-refractivity contribution is 5.81. The summed E-state index contributed by atoms with van der Waals surface area (Å²) in [5.41, 5.74) is 0.629. The van der Waals surface area contributed by atoms with Gasteiger partial charge < -0.3 is 34.3 Å². The Morgan fingerprint density at radius 3 is 2.58 bits per heavy atom. The molecule has 3 rings (SSSR count). The van der Waals surface area contributed by atoms with Crippen LogP contribution in [0, 0.1) is 6.92 Å². The second kappa shape index (κ2) is 6.50. The molecular formula is C16H18O8. The Balaban J connectivity index is 1.87. The van der Waals surface area contributed by atoms with E-state index in [1.54, 1.807) is 19.1 Å². The van der Waals surface area contributed by atoms with Gasteiger partial charge in [0.15, 0.2) is 0 Å². The number of aliphatic hydroxyl groups is 4. The Bertz CT molecular complexity index is 783. The predicted octanol–water partition coefficient (Wildman–Crippen LogP) is -0.720. The molecule has 5 atom stereocenters. The fourth-order valence-electron chi connectivity index (χ4n) is 2.67. The summed E-state index contributed by atoms with van der Waals surface area (Å²) in [4.78, 5) is 11.4. The molecule has 0 bridgehead atoms. The molecular weight excluding hydrogens is 320 g/mol. The van der Waals surface area contributed by atoms with Crippen molar-refractivity contribution >= 4 is 11.0 Å². The second-order valence-electron chi connectivity index (χ2n) is 5.72. The molecule has 5 unspecified atom stereocenters. The van der Waals surface area contributed by atoms with Gasteiger partial charge in [0.1, 0.15) is 35.7 Å². The summed E-state index contributed by atoms with van der Waals surface area (Å²) < 4.78 is 15.9. The number of aliphatic hydroxyl groups excluding tert-OH is 4. The van der Waals surface area contributed by atoms with Crippen molar-refractivity contribution in [2.75, 3.05) is 6.61 Å². The number of hydrogen-bond donors (Lipinski definition) is 4. The molecule has 0 amide bonds. The lowest BCUT2D eigenvalue weighted by atomic mass is 9.99. The minimum absolute atomic E-state index is 0.309. The first kappa shape index (κ1) is 16.9. The highest BCUT2D eigenvalue weighted by Crippen LogP contribution is 2.27. The largest absolute Gasteiger partial charge is 0.462 e. The summed E-state index contributed by atoms with van der Waals surface area (Å²) in [5, 5.41) is 39.3. The molecule has 24 heavy (non-hydrogen) atoms. The maximum Gasteiger partial charge on any atom is 0.336 e. The molecule has 130 valence electrons. The maximum atomic E-state index is 11.4. The molecule has 1 aromatic carbocycles. The standard InChI is InChI=1S/C16H18O8/c1-7-4-12(18)23-10-3-2-8(5-9(7)10)22-16-15(21)14(20)13(19)11(6-17)24-16/h2-5,11,13-17,19-21H,6H2,1H3. The van der Waals surface area contributed by atoms with Gasteiger partial charge in [0.25, 0.3) is 0 Å². The summed E-state index contributed by atoms with van der Waals surface area (Å²) >= 11 is 0. The van der Waals surface area contributed by atoms with E-state index in [0.29, 0.717) is 22.3 Å². The van der Waals surface area contributed by atoms with Gasteiger partial charge in [-0.2, -0.15) is 0 Å². The van der Waals surface area contributed by atoms with Crippen LogP contribution in [0.2, 0.25) is 0 Å². The molecule has 8 nitrogen and oxygen atoms in total. The summed E-state index contributed by atoms with van der Waals surface area (Å²) in [7, 11) is 0. The van der Waals surface area contributed by atoms with E-state index in [1.807, 2.05) is 0 Å². The molecule has 1 aliphatic rings. The molecule has 1 aliphatic heterocycles. The highest BCUT2D eigenvalue weighted by atomic mass is 16.7. The molecule has 1 saturated heterocycles. The maximum absolute atomic E-state index is 11.4. The Labute approximate surface area is 136 Å². The molecule has 1 fully saturated rings. The van der Waals surface area contributed by atoms with Crippen molar-refractivity contribution in [3.05, 3.63) is 40.2 Å². The van der Waals surface area contributed by atoms with Crippen LogP contribution in [0.4, 0.5) is 0 Å². The number of aryl methyl sites for hydroxylation is 1. The van der Waals surface area contributed by atoms with Crippen LogP contribution in [0.1, 0.15) is 5.56 Å². The summed E-state index contributed by atoms with van der Waals surface area (Å²) in [6, 6.07) is 6.02. The Morgan fingerprint density at radius 1 is 1.12 bits per heavy atom. The van der Waals surface area contributed by atoms with Crippen LogP contribution >= 0.6 is 0 Å². The zero-order chi connectivity index (χ0) is 17.4. The van der Waals surface area contributed by atoms with Crippen molar-refractivity contribution in [2.24, 2.45) is 0 Å². The van der Waals surface area contributed by atoms with Crippen LogP contribution in [-0.2, 0) is 4.74 Å². The topological polar surface area (TPSA) is 130 Å². The third kappa shape index (κ3) is 3.02. The van der Waals surface area contributed by atoms with Crippen molar-refractivity contribution in [3.63, 3.8) is 0 Å². The minimum Gasteiger partial charge on any atom is -0.462 e. The number of ether oxygens (including phenoxy) is 2. The van der Waals surface area contributed by atoms with Crippen LogP contribution in [-0.4, -0.2) is 57.7 Å². The SMILES string of the molecule is Cc1cc(=O)oc2ccc(OC3OC(CO)C(O)C(O)C3O)cc12.